The largest absolute Gasteiger partial charge is 0.497 e. The first-order chi connectivity index (χ1) is 10.2. The van der Waals surface area contributed by atoms with E-state index in [-0.39, 0.29) is 10.5 Å². The normalized spacial score (nSPS) is 12.0. The molecule has 0 saturated carbocycles. The van der Waals surface area contributed by atoms with Gasteiger partial charge in [-0.2, -0.15) is 0 Å². The molecule has 1 aromatic rings. The number of nitrogens with zero attached hydrogens (tertiary/aromatic N) is 1. The number of anilines is 1. The fourth-order valence-corrected chi connectivity index (χ4v) is 3.87. The highest BCUT2D eigenvalue weighted by Crippen LogP contribution is 2.29. The van der Waals surface area contributed by atoms with E-state index in [1.165, 1.54) is 11.8 Å². The van der Waals surface area contributed by atoms with Crippen LogP contribution in [-0.4, -0.2) is 35.6 Å². The molecule has 1 aromatic carbocycles. The van der Waals surface area contributed by atoms with Crippen molar-refractivity contribution in [2.45, 2.75) is 32.6 Å². The molecular weight excluding hydrogens is 302 g/mol. The van der Waals surface area contributed by atoms with Gasteiger partial charge in [0, 0.05) is 12.2 Å². The van der Waals surface area contributed by atoms with E-state index < -0.39 is 0 Å². The van der Waals surface area contributed by atoms with Crippen LogP contribution in [0.25, 0.3) is 0 Å². The van der Waals surface area contributed by atoms with E-state index in [4.69, 9.17) is 4.74 Å². The van der Waals surface area contributed by atoms with Crippen LogP contribution < -0.4 is 9.64 Å². The van der Waals surface area contributed by atoms with Gasteiger partial charge in [0.05, 0.1) is 7.11 Å². The Morgan fingerprint density at radius 1 is 1.19 bits per heavy atom. The van der Waals surface area contributed by atoms with Gasteiger partial charge in [0.2, 0.25) is 5.12 Å². The molecule has 1 rings (SSSR count). The monoisotopic (exact) mass is 327 g/mol. The first-order valence-electron chi connectivity index (χ1n) is 7.36. The third-order valence-electron chi connectivity index (χ3n) is 2.96. The van der Waals surface area contributed by atoms with E-state index >= 15 is 0 Å². The van der Waals surface area contributed by atoms with Crippen LogP contribution in [0.1, 0.15) is 27.2 Å². The smallest absolute Gasteiger partial charge is 0.221 e. The van der Waals surface area contributed by atoms with Crippen molar-refractivity contribution in [3.63, 3.8) is 0 Å². The molecule has 0 radical (unpaired) electrons. The highest BCUT2D eigenvalue weighted by molar-refractivity contribution is 8.16. The SMILES string of the molecule is CCCN(c1ccc(OC)cc1)C(SCC)C(=O)SCC. The lowest BCUT2D eigenvalue weighted by Gasteiger charge is -2.31. The van der Waals surface area contributed by atoms with Crippen LogP contribution in [-0.2, 0) is 4.79 Å². The number of hydrogen-bond donors (Lipinski definition) is 0. The summed E-state index contributed by atoms with van der Waals surface area (Å²) in [7, 11) is 1.66. The van der Waals surface area contributed by atoms with E-state index in [9.17, 15) is 4.79 Å². The molecule has 118 valence electrons. The molecule has 0 amide bonds. The van der Waals surface area contributed by atoms with E-state index in [0.717, 1.165) is 35.9 Å². The number of methoxy groups -OCH3 is 1. The number of ether oxygens (including phenoxy) is 1. The third kappa shape index (κ3) is 5.47. The molecule has 3 nitrogen and oxygen atoms in total. The maximum absolute atomic E-state index is 12.4. The summed E-state index contributed by atoms with van der Waals surface area (Å²) >= 11 is 3.11. The van der Waals surface area contributed by atoms with Crippen molar-refractivity contribution in [1.82, 2.24) is 0 Å². The minimum Gasteiger partial charge on any atom is -0.497 e. The van der Waals surface area contributed by atoms with Crippen LogP contribution in [0.2, 0.25) is 0 Å². The van der Waals surface area contributed by atoms with Crippen LogP contribution in [0.5, 0.6) is 5.75 Å². The van der Waals surface area contributed by atoms with Gasteiger partial charge in [0.25, 0.3) is 0 Å². The average Bonchev–Trinajstić information content (AvgIpc) is 2.51. The molecule has 21 heavy (non-hydrogen) atoms. The van der Waals surface area contributed by atoms with Gasteiger partial charge in [0.15, 0.2) is 0 Å². The van der Waals surface area contributed by atoms with Gasteiger partial charge < -0.3 is 9.64 Å². The van der Waals surface area contributed by atoms with Crippen molar-refractivity contribution >= 4 is 34.3 Å². The Kier molecular flexibility index (Phi) is 8.69. The molecule has 5 heteroatoms. The predicted octanol–water partition coefficient (Wildman–Crippen LogP) is 4.27. The molecule has 0 heterocycles. The van der Waals surface area contributed by atoms with E-state index in [0.29, 0.717) is 0 Å². The fourth-order valence-electron chi connectivity index (χ4n) is 2.05. The summed E-state index contributed by atoms with van der Waals surface area (Å²) < 4.78 is 5.21. The van der Waals surface area contributed by atoms with E-state index in [1.54, 1.807) is 18.9 Å². The molecule has 0 aliphatic rings. The molecule has 0 spiro atoms. The molecule has 0 aromatic heterocycles. The lowest BCUT2D eigenvalue weighted by atomic mass is 10.2. The van der Waals surface area contributed by atoms with Crippen LogP contribution in [0, 0.1) is 0 Å². The van der Waals surface area contributed by atoms with Gasteiger partial charge in [-0.15, -0.1) is 11.8 Å². The van der Waals surface area contributed by atoms with Gasteiger partial charge in [-0.3, -0.25) is 4.79 Å². The van der Waals surface area contributed by atoms with E-state index in [2.05, 4.69) is 18.7 Å². The lowest BCUT2D eigenvalue weighted by Crippen LogP contribution is -2.38. The zero-order valence-corrected chi connectivity index (χ0v) is 14.9. The van der Waals surface area contributed by atoms with E-state index in [1.807, 2.05) is 31.2 Å². The highest BCUT2D eigenvalue weighted by atomic mass is 32.2. The first kappa shape index (κ1) is 18.2. The Morgan fingerprint density at radius 3 is 2.33 bits per heavy atom. The zero-order valence-electron chi connectivity index (χ0n) is 13.3. The van der Waals surface area contributed by atoms with Gasteiger partial charge in [-0.25, -0.2) is 0 Å². The lowest BCUT2D eigenvalue weighted by molar-refractivity contribution is -0.110. The second-order valence-electron chi connectivity index (χ2n) is 4.45. The molecule has 0 N–H and O–H groups in total. The van der Waals surface area contributed by atoms with Crippen LogP contribution in [0.15, 0.2) is 24.3 Å². The summed E-state index contributed by atoms with van der Waals surface area (Å²) in [5.41, 5.74) is 1.08. The topological polar surface area (TPSA) is 29.5 Å². The van der Waals surface area contributed by atoms with Crippen LogP contribution >= 0.6 is 23.5 Å². The fraction of sp³-hybridized carbons (Fsp3) is 0.562. The molecule has 0 aliphatic carbocycles. The zero-order chi connectivity index (χ0) is 15.7. The Balaban J connectivity index is 3.01. The van der Waals surface area contributed by atoms with Crippen molar-refractivity contribution in [1.29, 1.82) is 0 Å². The van der Waals surface area contributed by atoms with Gasteiger partial charge in [-0.1, -0.05) is 32.5 Å². The Labute approximate surface area is 136 Å². The maximum Gasteiger partial charge on any atom is 0.221 e. The molecule has 0 saturated heterocycles. The Hall–Kier alpha value is -0.810. The molecule has 0 bridgehead atoms. The van der Waals surface area contributed by atoms with Gasteiger partial charge >= 0.3 is 0 Å². The molecule has 1 unspecified atom stereocenters. The standard InChI is InChI=1S/C16H25NO2S2/c1-5-12-17(13-8-10-14(19-4)11-9-13)15(20-6-2)16(18)21-7-3/h8-11,15H,5-7,12H2,1-4H3. The Morgan fingerprint density at radius 2 is 1.86 bits per heavy atom. The van der Waals surface area contributed by atoms with Crippen molar-refractivity contribution in [2.75, 3.05) is 30.1 Å². The van der Waals surface area contributed by atoms with Gasteiger partial charge in [-0.05, 0) is 42.2 Å². The van der Waals surface area contributed by atoms with Gasteiger partial charge in [0.1, 0.15) is 11.1 Å². The summed E-state index contributed by atoms with van der Waals surface area (Å²) in [6.45, 7) is 7.13. The number of carbonyl (C=O) groups is 1. The number of hydrogen-bond acceptors (Lipinski definition) is 5. The third-order valence-corrected chi connectivity index (χ3v) is 5.03. The maximum atomic E-state index is 12.4. The highest BCUT2D eigenvalue weighted by Gasteiger charge is 2.25. The summed E-state index contributed by atoms with van der Waals surface area (Å²) in [6.07, 6.45) is 1.01. The molecule has 0 fully saturated rings. The molecular formula is C16H25NO2S2. The second kappa shape index (κ2) is 10.0. The van der Waals surface area contributed by atoms with Crippen molar-refractivity contribution in [3.05, 3.63) is 24.3 Å². The summed E-state index contributed by atoms with van der Waals surface area (Å²) in [4.78, 5) is 14.6. The summed E-state index contributed by atoms with van der Waals surface area (Å²) in [6, 6.07) is 7.95. The minimum atomic E-state index is -0.117. The van der Waals surface area contributed by atoms with Crippen molar-refractivity contribution in [3.8, 4) is 5.75 Å². The second-order valence-corrected chi connectivity index (χ2v) is 7.08. The predicted molar refractivity (Wildman–Crippen MR) is 95.7 cm³/mol. The molecule has 1 atom stereocenters. The molecule has 0 aliphatic heterocycles. The quantitative estimate of drug-likeness (QED) is 0.632. The number of benzene rings is 1. The summed E-state index contributed by atoms with van der Waals surface area (Å²) in [5.74, 6) is 2.59. The Bertz CT molecular complexity index is 423. The van der Waals surface area contributed by atoms with Crippen LogP contribution in [0.4, 0.5) is 5.69 Å². The summed E-state index contributed by atoms with van der Waals surface area (Å²) in [5, 5.41) is 0.127. The number of thioether (sulfide) groups is 2. The number of carbonyl (C=O) groups excluding carboxylic acids is 1. The van der Waals surface area contributed by atoms with Crippen molar-refractivity contribution in [2.24, 2.45) is 0 Å². The van der Waals surface area contributed by atoms with Crippen LogP contribution in [0.3, 0.4) is 0 Å². The van der Waals surface area contributed by atoms with Crippen molar-refractivity contribution < 1.29 is 9.53 Å². The minimum absolute atomic E-state index is 0.117. The average molecular weight is 328 g/mol. The first-order valence-corrected chi connectivity index (χ1v) is 9.40. The number of rotatable bonds is 9.